The number of carbonyl (C=O) groups excluding carboxylic acids is 2. The number of amides is 2. The van der Waals surface area contributed by atoms with E-state index >= 15 is 0 Å². The maximum atomic E-state index is 12.4. The fourth-order valence-electron chi connectivity index (χ4n) is 2.15. The number of nitrogens with zero attached hydrogens (tertiary/aromatic N) is 1. The lowest BCUT2D eigenvalue weighted by molar-refractivity contribution is -0.384. The van der Waals surface area contributed by atoms with Crippen LogP contribution in [0.3, 0.4) is 0 Å². The van der Waals surface area contributed by atoms with Gasteiger partial charge in [-0.1, -0.05) is 25.4 Å². The van der Waals surface area contributed by atoms with E-state index in [1.807, 2.05) is 13.8 Å². The Balaban J connectivity index is 2.79. The van der Waals surface area contributed by atoms with Crippen molar-refractivity contribution in [3.63, 3.8) is 0 Å². The second kappa shape index (κ2) is 9.95. The number of carbonyl (C=O) groups is 2. The third-order valence-electron chi connectivity index (χ3n) is 3.57. The van der Waals surface area contributed by atoms with Gasteiger partial charge in [0.05, 0.1) is 15.5 Å². The summed E-state index contributed by atoms with van der Waals surface area (Å²) in [7, 11) is 0. The lowest BCUT2D eigenvalue weighted by Gasteiger charge is -2.22. The zero-order valence-corrected chi connectivity index (χ0v) is 15.0. The third-order valence-corrected chi connectivity index (χ3v) is 3.89. The number of non-ortho nitro benzene ring substituents is 1. The second-order valence-electron chi connectivity index (χ2n) is 5.90. The fraction of sp³-hybridized carbons (Fsp3) is 0.500. The molecule has 0 aliphatic rings. The first-order valence-electron chi connectivity index (χ1n) is 8.00. The van der Waals surface area contributed by atoms with Crippen LogP contribution in [0.15, 0.2) is 18.2 Å². The van der Waals surface area contributed by atoms with Crippen molar-refractivity contribution in [3.05, 3.63) is 38.9 Å². The Hall–Kier alpha value is -2.19. The van der Waals surface area contributed by atoms with Crippen molar-refractivity contribution < 1.29 is 14.5 Å². The van der Waals surface area contributed by atoms with Crippen molar-refractivity contribution in [2.24, 2.45) is 11.7 Å². The number of nitro groups is 1. The van der Waals surface area contributed by atoms with E-state index in [2.05, 4.69) is 10.6 Å². The molecule has 1 aromatic rings. The molecular weight excluding hydrogens is 348 g/mol. The van der Waals surface area contributed by atoms with Gasteiger partial charge in [-0.3, -0.25) is 19.7 Å². The highest BCUT2D eigenvalue weighted by molar-refractivity contribution is 6.34. The number of benzene rings is 1. The predicted octanol–water partition coefficient (Wildman–Crippen LogP) is 1.86. The third kappa shape index (κ3) is 6.32. The van der Waals surface area contributed by atoms with Crippen LogP contribution < -0.4 is 16.4 Å². The van der Waals surface area contributed by atoms with Crippen molar-refractivity contribution in [3.8, 4) is 0 Å². The van der Waals surface area contributed by atoms with Gasteiger partial charge in [0.2, 0.25) is 5.91 Å². The first kappa shape index (κ1) is 20.9. The molecule has 1 rings (SSSR count). The minimum absolute atomic E-state index is 0.0439. The molecule has 0 radical (unpaired) electrons. The summed E-state index contributed by atoms with van der Waals surface area (Å²) in [5.41, 5.74) is 5.27. The normalized spacial score (nSPS) is 11.9. The van der Waals surface area contributed by atoms with Gasteiger partial charge in [-0.15, -0.1) is 0 Å². The van der Waals surface area contributed by atoms with Gasteiger partial charge >= 0.3 is 0 Å². The quantitative estimate of drug-likeness (QED) is 0.347. The molecule has 0 saturated heterocycles. The molecule has 9 heteroatoms. The minimum atomic E-state index is -0.739. The Morgan fingerprint density at radius 3 is 2.52 bits per heavy atom. The van der Waals surface area contributed by atoms with Crippen LogP contribution >= 0.6 is 11.6 Å². The molecule has 0 aliphatic heterocycles. The van der Waals surface area contributed by atoms with E-state index in [-0.39, 0.29) is 28.1 Å². The predicted molar refractivity (Wildman–Crippen MR) is 95.5 cm³/mol. The summed E-state index contributed by atoms with van der Waals surface area (Å²) in [6, 6.07) is 2.83. The van der Waals surface area contributed by atoms with Crippen molar-refractivity contribution in [2.75, 3.05) is 13.1 Å². The number of nitrogens with one attached hydrogen (secondary N) is 2. The summed E-state index contributed by atoms with van der Waals surface area (Å²) in [6.45, 7) is 4.65. The second-order valence-corrected chi connectivity index (χ2v) is 6.31. The molecule has 0 aliphatic carbocycles. The van der Waals surface area contributed by atoms with Gasteiger partial charge in [0, 0.05) is 18.7 Å². The van der Waals surface area contributed by atoms with E-state index in [0.717, 1.165) is 18.9 Å². The number of rotatable bonds is 9. The topological polar surface area (TPSA) is 127 Å². The molecule has 0 saturated carbocycles. The van der Waals surface area contributed by atoms with Crippen molar-refractivity contribution in [2.45, 2.75) is 32.7 Å². The molecule has 8 nitrogen and oxygen atoms in total. The van der Waals surface area contributed by atoms with Gasteiger partial charge in [0.15, 0.2) is 0 Å². The number of halogens is 1. The van der Waals surface area contributed by atoms with Crippen LogP contribution in [0.4, 0.5) is 5.69 Å². The maximum Gasteiger partial charge on any atom is 0.270 e. The molecule has 0 fully saturated rings. The number of nitrogens with two attached hydrogens (primary N) is 1. The Morgan fingerprint density at radius 2 is 2.00 bits per heavy atom. The zero-order valence-electron chi connectivity index (χ0n) is 14.3. The Kier molecular flexibility index (Phi) is 8.30. The van der Waals surface area contributed by atoms with Gasteiger partial charge in [0.1, 0.15) is 6.04 Å². The van der Waals surface area contributed by atoms with Crippen LogP contribution in [-0.4, -0.2) is 35.9 Å². The first-order chi connectivity index (χ1) is 11.8. The lowest BCUT2D eigenvalue weighted by atomic mass is 10.0. The summed E-state index contributed by atoms with van der Waals surface area (Å²) in [6.07, 6.45) is 1.56. The molecule has 1 unspecified atom stereocenters. The van der Waals surface area contributed by atoms with Crippen LogP contribution in [0.1, 0.15) is 37.0 Å². The molecule has 1 aromatic carbocycles. The Morgan fingerprint density at radius 1 is 1.32 bits per heavy atom. The maximum absolute atomic E-state index is 12.4. The highest BCUT2D eigenvalue weighted by Gasteiger charge is 2.25. The summed E-state index contributed by atoms with van der Waals surface area (Å²) in [4.78, 5) is 34.8. The molecule has 2 amide bonds. The molecule has 25 heavy (non-hydrogen) atoms. The van der Waals surface area contributed by atoms with E-state index in [9.17, 15) is 19.7 Å². The summed E-state index contributed by atoms with van der Waals surface area (Å²) in [5, 5.41) is 16.1. The highest BCUT2D eigenvalue weighted by atomic mass is 35.5. The Bertz CT molecular complexity index is 637. The van der Waals surface area contributed by atoms with E-state index in [0.29, 0.717) is 13.1 Å². The number of unbranched alkanes of at least 4 members (excludes halogenated alkanes) is 1. The molecule has 138 valence electrons. The van der Waals surface area contributed by atoms with E-state index in [1.54, 1.807) is 0 Å². The average Bonchev–Trinajstić information content (AvgIpc) is 2.55. The monoisotopic (exact) mass is 370 g/mol. The Labute approximate surface area is 151 Å². The van der Waals surface area contributed by atoms with Crippen molar-refractivity contribution in [1.82, 2.24) is 10.6 Å². The lowest BCUT2D eigenvalue weighted by Crippen LogP contribution is -2.50. The van der Waals surface area contributed by atoms with Crippen LogP contribution in [-0.2, 0) is 4.79 Å². The average molecular weight is 371 g/mol. The zero-order chi connectivity index (χ0) is 19.0. The molecule has 1 atom stereocenters. The number of nitro benzene ring substituents is 1. The van der Waals surface area contributed by atoms with Gasteiger partial charge in [-0.05, 0) is 31.4 Å². The van der Waals surface area contributed by atoms with Gasteiger partial charge < -0.3 is 16.4 Å². The van der Waals surface area contributed by atoms with Crippen LogP contribution in [0.2, 0.25) is 5.02 Å². The molecular formula is C16H23ClN4O4. The van der Waals surface area contributed by atoms with E-state index in [4.69, 9.17) is 17.3 Å². The van der Waals surface area contributed by atoms with Gasteiger partial charge in [-0.2, -0.15) is 0 Å². The smallest absolute Gasteiger partial charge is 0.270 e. The van der Waals surface area contributed by atoms with Crippen molar-refractivity contribution in [1.29, 1.82) is 0 Å². The summed E-state index contributed by atoms with van der Waals surface area (Å²) in [5.74, 6) is -0.996. The summed E-state index contributed by atoms with van der Waals surface area (Å²) >= 11 is 5.95. The van der Waals surface area contributed by atoms with E-state index < -0.39 is 16.9 Å². The van der Waals surface area contributed by atoms with Gasteiger partial charge in [-0.25, -0.2) is 0 Å². The van der Waals surface area contributed by atoms with Crippen LogP contribution in [0, 0.1) is 16.0 Å². The molecule has 4 N–H and O–H groups in total. The largest absolute Gasteiger partial charge is 0.354 e. The van der Waals surface area contributed by atoms with Crippen molar-refractivity contribution >= 4 is 29.1 Å². The first-order valence-corrected chi connectivity index (χ1v) is 8.38. The summed E-state index contributed by atoms with van der Waals surface area (Å²) < 4.78 is 0. The van der Waals surface area contributed by atoms with Crippen LogP contribution in [0.5, 0.6) is 0 Å². The van der Waals surface area contributed by atoms with E-state index in [1.165, 1.54) is 12.1 Å². The molecule has 0 spiro atoms. The fourth-order valence-corrected chi connectivity index (χ4v) is 2.41. The minimum Gasteiger partial charge on any atom is -0.354 e. The number of hydrogen-bond acceptors (Lipinski definition) is 5. The number of hydrogen-bond donors (Lipinski definition) is 3. The highest BCUT2D eigenvalue weighted by Crippen LogP contribution is 2.22. The van der Waals surface area contributed by atoms with Crippen LogP contribution in [0.25, 0.3) is 0 Å². The van der Waals surface area contributed by atoms with Gasteiger partial charge in [0.25, 0.3) is 11.6 Å². The molecule has 0 bridgehead atoms. The SMILES string of the molecule is CC(C)C(NC(=O)c1ccc([N+](=O)[O-])cc1Cl)C(=O)NCCCCN. The molecule has 0 heterocycles. The standard InChI is InChI=1S/C16H23ClN4O4/c1-10(2)14(16(23)19-8-4-3-7-18)20-15(22)12-6-5-11(21(24)25)9-13(12)17/h5-6,9-10,14H,3-4,7-8,18H2,1-2H3,(H,19,23)(H,20,22). The molecule has 0 aromatic heterocycles.